The number of ether oxygens (including phenoxy) is 3. The van der Waals surface area contributed by atoms with Gasteiger partial charge < -0.3 is 30.2 Å². The van der Waals surface area contributed by atoms with E-state index in [-0.39, 0.29) is 23.2 Å². The highest BCUT2D eigenvalue weighted by Crippen LogP contribution is 2.47. The predicted molar refractivity (Wildman–Crippen MR) is 151 cm³/mol. The van der Waals surface area contributed by atoms with Crippen molar-refractivity contribution in [3.8, 4) is 23.0 Å². The number of aromatic nitrogens is 1. The highest BCUT2D eigenvalue weighted by atomic mass is 19.1. The number of halogens is 2. The van der Waals surface area contributed by atoms with Crippen molar-refractivity contribution < 1.29 is 32.6 Å². The van der Waals surface area contributed by atoms with Gasteiger partial charge in [0.1, 0.15) is 22.8 Å². The summed E-state index contributed by atoms with van der Waals surface area (Å²) >= 11 is 0. The monoisotopic (exact) mass is 564 g/mol. The average Bonchev–Trinajstić information content (AvgIpc) is 3.77. The molecule has 2 atom stereocenters. The number of allylic oxidation sites excluding steroid dienone is 2. The van der Waals surface area contributed by atoms with Crippen LogP contribution in [0.5, 0.6) is 23.0 Å². The molecule has 1 saturated carbocycles. The highest BCUT2D eigenvalue weighted by Gasteiger charge is 2.57. The van der Waals surface area contributed by atoms with Crippen LogP contribution in [0.1, 0.15) is 19.8 Å². The van der Waals surface area contributed by atoms with E-state index < -0.39 is 29.1 Å². The first-order valence-electron chi connectivity index (χ1n) is 13.1. The molecule has 1 aromatic heterocycles. The van der Waals surface area contributed by atoms with E-state index >= 15 is 4.39 Å². The van der Waals surface area contributed by atoms with Crippen molar-refractivity contribution in [1.82, 2.24) is 10.3 Å². The van der Waals surface area contributed by atoms with Crippen molar-refractivity contribution in [3.63, 3.8) is 0 Å². The van der Waals surface area contributed by atoms with E-state index in [0.717, 1.165) is 6.07 Å². The molecule has 1 heterocycles. The molecule has 2 unspecified atom stereocenters. The maximum atomic E-state index is 15.2. The van der Waals surface area contributed by atoms with Crippen LogP contribution in [0.2, 0.25) is 0 Å². The molecule has 9 nitrogen and oxygen atoms in total. The quantitative estimate of drug-likeness (QED) is 0.295. The Hall–Kier alpha value is -4.67. The number of pyridine rings is 1. The zero-order valence-electron chi connectivity index (χ0n) is 23.0. The first-order chi connectivity index (χ1) is 19.7. The van der Waals surface area contributed by atoms with E-state index in [1.54, 1.807) is 38.2 Å². The van der Waals surface area contributed by atoms with Crippen LogP contribution < -0.4 is 30.2 Å². The summed E-state index contributed by atoms with van der Waals surface area (Å²) in [6.45, 7) is 1.78. The van der Waals surface area contributed by atoms with Gasteiger partial charge in [0.2, 0.25) is 11.8 Å². The normalized spacial score (nSPS) is 18.7. The topological polar surface area (TPSA) is 111 Å². The average molecular weight is 565 g/mol. The van der Waals surface area contributed by atoms with E-state index in [1.807, 2.05) is 0 Å². The molecule has 2 aliphatic rings. The Balaban J connectivity index is 1.33. The third-order valence-electron chi connectivity index (χ3n) is 7.31. The second-order valence-corrected chi connectivity index (χ2v) is 10.0. The lowest BCUT2D eigenvalue weighted by molar-refractivity contribution is -0.134. The van der Waals surface area contributed by atoms with Crippen molar-refractivity contribution >= 4 is 34.2 Å². The third-order valence-corrected chi connectivity index (χ3v) is 7.31. The number of nitrogens with one attached hydrogen (secondary N) is 3. The fourth-order valence-electron chi connectivity index (χ4n) is 4.70. The fraction of sp³-hybridized carbons (Fsp3) is 0.300. The Kier molecular flexibility index (Phi) is 7.53. The number of methoxy groups -OCH3 is 2. The molecule has 2 amide bonds. The summed E-state index contributed by atoms with van der Waals surface area (Å²) in [5, 5.41) is 9.01. The molecule has 11 heteroatoms. The van der Waals surface area contributed by atoms with E-state index in [9.17, 15) is 14.0 Å². The van der Waals surface area contributed by atoms with Crippen molar-refractivity contribution in [3.05, 3.63) is 66.3 Å². The molecule has 0 saturated heterocycles. The molecule has 5 rings (SSSR count). The van der Waals surface area contributed by atoms with Crippen molar-refractivity contribution in [2.24, 2.45) is 11.3 Å². The molecule has 1 fully saturated rings. The zero-order valence-corrected chi connectivity index (χ0v) is 23.0. The van der Waals surface area contributed by atoms with Gasteiger partial charge >= 0.3 is 0 Å². The number of carbonyl (C=O) groups excluding carboxylic acids is 2. The van der Waals surface area contributed by atoms with E-state index in [1.165, 1.54) is 38.5 Å². The molecular formula is C30H30F2N4O5. The van der Waals surface area contributed by atoms with Gasteiger partial charge in [-0.15, -0.1) is 0 Å². The van der Waals surface area contributed by atoms with Gasteiger partial charge in [-0.05, 0) is 43.2 Å². The minimum absolute atomic E-state index is 0.0791. The number of nitrogens with zero attached hydrogens (tertiary/aromatic N) is 1. The van der Waals surface area contributed by atoms with Crippen LogP contribution in [-0.4, -0.2) is 44.1 Å². The van der Waals surface area contributed by atoms with Crippen LogP contribution in [0, 0.1) is 17.2 Å². The summed E-state index contributed by atoms with van der Waals surface area (Å²) in [5.41, 5.74) is -0.531. The standard InChI is InChI=1S/C30H30F2N4O5/c1-16-11-17(31)5-7-21(16)36-29(38)30(9-10-30)28(37)34-18-6-8-23(20(32)12-18)41-24-15-27(33-2)35-22-14-26(40-4)25(39-3)13-19(22)24/h5-8,11-16,21H,9-10H2,1-4H3,(H,33,35)(H,34,37)(H,36,38). The Morgan fingerprint density at radius 1 is 0.976 bits per heavy atom. The van der Waals surface area contributed by atoms with Crippen LogP contribution in [-0.2, 0) is 9.59 Å². The molecule has 3 aromatic rings. The molecular weight excluding hydrogens is 534 g/mol. The second-order valence-electron chi connectivity index (χ2n) is 10.0. The number of amides is 2. The largest absolute Gasteiger partial charge is 0.493 e. The lowest BCUT2D eigenvalue weighted by Gasteiger charge is -2.25. The number of carbonyl (C=O) groups is 2. The summed E-state index contributed by atoms with van der Waals surface area (Å²) in [7, 11) is 4.73. The zero-order chi connectivity index (χ0) is 29.3. The summed E-state index contributed by atoms with van der Waals surface area (Å²) in [6, 6.07) is 8.62. The van der Waals surface area contributed by atoms with Gasteiger partial charge in [0.25, 0.3) is 0 Å². The minimum atomic E-state index is -1.25. The first-order valence-corrected chi connectivity index (χ1v) is 13.1. The minimum Gasteiger partial charge on any atom is -0.493 e. The molecule has 0 aliphatic heterocycles. The maximum absolute atomic E-state index is 15.2. The Bertz CT molecular complexity index is 1580. The summed E-state index contributed by atoms with van der Waals surface area (Å²) in [6.07, 6.45) is 5.00. The molecule has 214 valence electrons. The summed E-state index contributed by atoms with van der Waals surface area (Å²) < 4.78 is 45.4. The molecule has 41 heavy (non-hydrogen) atoms. The van der Waals surface area contributed by atoms with E-state index in [2.05, 4.69) is 20.9 Å². The van der Waals surface area contributed by atoms with Gasteiger partial charge in [0, 0.05) is 42.2 Å². The molecule has 0 bridgehead atoms. The maximum Gasteiger partial charge on any atom is 0.240 e. The molecule has 2 aromatic carbocycles. The van der Waals surface area contributed by atoms with Crippen molar-refractivity contribution in [2.75, 3.05) is 31.9 Å². The fourth-order valence-corrected chi connectivity index (χ4v) is 4.70. The lowest BCUT2D eigenvalue weighted by Crippen LogP contribution is -2.46. The van der Waals surface area contributed by atoms with E-state index in [4.69, 9.17) is 14.2 Å². The Morgan fingerprint density at radius 3 is 2.34 bits per heavy atom. The third kappa shape index (κ3) is 5.52. The number of fused-ring (bicyclic) bond motifs is 1. The predicted octanol–water partition coefficient (Wildman–Crippen LogP) is 5.49. The van der Waals surface area contributed by atoms with Gasteiger partial charge in [-0.1, -0.05) is 13.0 Å². The Morgan fingerprint density at radius 2 is 1.71 bits per heavy atom. The number of benzene rings is 2. The number of hydrogen-bond acceptors (Lipinski definition) is 7. The van der Waals surface area contributed by atoms with Crippen LogP contribution in [0.4, 0.5) is 20.3 Å². The van der Waals surface area contributed by atoms with Gasteiger partial charge in [-0.3, -0.25) is 9.59 Å². The van der Waals surface area contributed by atoms with Crippen LogP contribution >= 0.6 is 0 Å². The van der Waals surface area contributed by atoms with Crippen molar-refractivity contribution in [1.29, 1.82) is 0 Å². The summed E-state index contributed by atoms with van der Waals surface area (Å²) in [5.74, 6) is -0.630. The van der Waals surface area contributed by atoms with Crippen LogP contribution in [0.3, 0.4) is 0 Å². The Labute approximate surface area is 235 Å². The van der Waals surface area contributed by atoms with Gasteiger partial charge in [-0.2, -0.15) is 0 Å². The van der Waals surface area contributed by atoms with E-state index in [0.29, 0.717) is 46.8 Å². The number of anilines is 2. The lowest BCUT2D eigenvalue weighted by atomic mass is 9.95. The molecule has 2 aliphatic carbocycles. The SMILES string of the molecule is CNc1cc(Oc2ccc(NC(=O)C3(C(=O)NC4C=CC(F)=CC4C)CC3)cc2F)c2cc(OC)c(OC)cc2n1. The van der Waals surface area contributed by atoms with Crippen LogP contribution in [0.15, 0.2) is 60.5 Å². The first kappa shape index (κ1) is 27.9. The highest BCUT2D eigenvalue weighted by molar-refractivity contribution is 6.13. The second kappa shape index (κ2) is 11.1. The number of hydrogen-bond donors (Lipinski definition) is 3. The van der Waals surface area contributed by atoms with Crippen LogP contribution in [0.25, 0.3) is 10.9 Å². The summed E-state index contributed by atoms with van der Waals surface area (Å²) in [4.78, 5) is 30.6. The molecule has 0 radical (unpaired) electrons. The van der Waals surface area contributed by atoms with Crippen molar-refractivity contribution in [2.45, 2.75) is 25.8 Å². The van der Waals surface area contributed by atoms with Gasteiger partial charge in [0.15, 0.2) is 23.1 Å². The van der Waals surface area contributed by atoms with Gasteiger partial charge in [-0.25, -0.2) is 13.8 Å². The van der Waals surface area contributed by atoms with Gasteiger partial charge in [0.05, 0.1) is 25.8 Å². The molecule has 3 N–H and O–H groups in total. The molecule has 0 spiro atoms. The smallest absolute Gasteiger partial charge is 0.240 e. The number of rotatable bonds is 9.